The van der Waals surface area contributed by atoms with E-state index < -0.39 is 0 Å². The molecule has 0 bridgehead atoms. The van der Waals surface area contributed by atoms with Crippen LogP contribution in [0.25, 0.3) is 12.2 Å². The Bertz CT molecular complexity index is 420. The van der Waals surface area contributed by atoms with Crippen LogP contribution in [-0.2, 0) is 0 Å². The molecule has 0 spiro atoms. The van der Waals surface area contributed by atoms with Crippen LogP contribution >= 0.6 is 11.6 Å². The summed E-state index contributed by atoms with van der Waals surface area (Å²) in [6.45, 7) is 0. The van der Waals surface area contributed by atoms with Gasteiger partial charge in [-0.1, -0.05) is 0 Å². The van der Waals surface area contributed by atoms with Gasteiger partial charge in [0.05, 0.1) is 0 Å². The van der Waals surface area contributed by atoms with E-state index in [1.807, 2.05) is 41.4 Å². The minimum atomic E-state index is 0.208. The summed E-state index contributed by atoms with van der Waals surface area (Å²) in [5, 5.41) is 4.72. The van der Waals surface area contributed by atoms with Crippen molar-refractivity contribution in [3.8, 4) is 0 Å². The van der Waals surface area contributed by atoms with Crippen molar-refractivity contribution in [1.82, 2.24) is 9.19 Å². The van der Waals surface area contributed by atoms with Gasteiger partial charge in [-0.05, 0) is 0 Å². The third-order valence-electron chi connectivity index (χ3n) is 1.69. The van der Waals surface area contributed by atoms with E-state index in [9.17, 15) is 0 Å². The Morgan fingerprint density at radius 2 is 1.93 bits per heavy atom. The van der Waals surface area contributed by atoms with E-state index in [4.69, 9.17) is 11.6 Å². The standard InChI is InChI=1S/C10H7ClN2Se/c11-9-4-1-8(2-5-9)3-6-10-7-14-13-12-10/h1-7H/b6-3+. The third kappa shape index (κ3) is 2.55. The molecule has 1 heterocycles. The van der Waals surface area contributed by atoms with Crippen LogP contribution in [0.1, 0.15) is 11.3 Å². The molecule has 0 atom stereocenters. The first-order chi connectivity index (χ1) is 6.84. The number of benzene rings is 1. The van der Waals surface area contributed by atoms with Crippen molar-refractivity contribution in [3.63, 3.8) is 0 Å². The van der Waals surface area contributed by atoms with Gasteiger partial charge in [-0.3, -0.25) is 0 Å². The Labute approximate surface area is 93.2 Å². The summed E-state index contributed by atoms with van der Waals surface area (Å²) in [5.41, 5.74) is 2.06. The summed E-state index contributed by atoms with van der Waals surface area (Å²) >= 11 is 5.98. The number of hydrogen-bond acceptors (Lipinski definition) is 2. The molecular formula is C10H7ClN2Se. The number of rotatable bonds is 2. The Hall–Kier alpha value is -0.891. The molecule has 0 fully saturated rings. The molecule has 0 amide bonds. The SMILES string of the molecule is Clc1ccc(/C=C/c2c[se]nn2)cc1. The van der Waals surface area contributed by atoms with Crippen molar-refractivity contribution in [2.24, 2.45) is 0 Å². The molecular weight excluding hydrogens is 263 g/mol. The van der Waals surface area contributed by atoms with Gasteiger partial charge in [-0.25, -0.2) is 0 Å². The zero-order chi connectivity index (χ0) is 9.80. The first kappa shape index (κ1) is 9.66. The zero-order valence-electron chi connectivity index (χ0n) is 7.22. The Balaban J connectivity index is 2.15. The summed E-state index contributed by atoms with van der Waals surface area (Å²) < 4.78 is 3.91. The van der Waals surface area contributed by atoms with Crippen LogP contribution < -0.4 is 0 Å². The molecule has 0 aliphatic heterocycles. The molecule has 2 aromatic rings. The van der Waals surface area contributed by atoms with Crippen LogP contribution in [0.4, 0.5) is 0 Å². The predicted molar refractivity (Wildman–Crippen MR) is 59.4 cm³/mol. The van der Waals surface area contributed by atoms with E-state index in [-0.39, 0.29) is 14.7 Å². The average molecular weight is 270 g/mol. The second-order valence-electron chi connectivity index (χ2n) is 2.71. The summed E-state index contributed by atoms with van der Waals surface area (Å²) in [4.78, 5) is 2.04. The molecule has 0 aliphatic carbocycles. The molecule has 14 heavy (non-hydrogen) atoms. The quantitative estimate of drug-likeness (QED) is 0.782. The fourth-order valence-corrected chi connectivity index (χ4v) is 2.01. The molecule has 2 rings (SSSR count). The van der Waals surface area contributed by atoms with Gasteiger partial charge in [0, 0.05) is 0 Å². The zero-order valence-corrected chi connectivity index (χ0v) is 9.69. The van der Waals surface area contributed by atoms with E-state index in [1.165, 1.54) is 0 Å². The number of halogens is 1. The van der Waals surface area contributed by atoms with E-state index in [1.54, 1.807) is 0 Å². The fourth-order valence-electron chi connectivity index (χ4n) is 1.000. The summed E-state index contributed by atoms with van der Waals surface area (Å²) in [6.07, 6.45) is 3.96. The van der Waals surface area contributed by atoms with Crippen molar-refractivity contribution in [2.75, 3.05) is 0 Å². The molecule has 0 N–H and O–H groups in total. The first-order valence-electron chi connectivity index (χ1n) is 4.05. The van der Waals surface area contributed by atoms with E-state index in [2.05, 4.69) is 9.19 Å². The number of aromatic nitrogens is 2. The van der Waals surface area contributed by atoms with Gasteiger partial charge in [0.2, 0.25) is 0 Å². The molecule has 0 aliphatic rings. The fraction of sp³-hybridized carbons (Fsp3) is 0. The molecule has 2 nitrogen and oxygen atoms in total. The Morgan fingerprint density at radius 3 is 2.57 bits per heavy atom. The van der Waals surface area contributed by atoms with Crippen LogP contribution in [-0.4, -0.2) is 23.9 Å². The molecule has 1 aromatic carbocycles. The second kappa shape index (κ2) is 4.56. The van der Waals surface area contributed by atoms with Crippen LogP contribution in [0.15, 0.2) is 29.2 Å². The third-order valence-corrected chi connectivity index (χ3v) is 3.04. The van der Waals surface area contributed by atoms with Gasteiger partial charge in [0.25, 0.3) is 0 Å². The molecule has 1 aromatic heterocycles. The van der Waals surface area contributed by atoms with Gasteiger partial charge in [0.1, 0.15) is 0 Å². The summed E-state index contributed by atoms with van der Waals surface area (Å²) in [7, 11) is 0. The molecule has 70 valence electrons. The minimum absolute atomic E-state index is 0.208. The van der Waals surface area contributed by atoms with Gasteiger partial charge < -0.3 is 0 Å². The number of hydrogen-bond donors (Lipinski definition) is 0. The van der Waals surface area contributed by atoms with Crippen LogP contribution in [0.3, 0.4) is 0 Å². The molecule has 0 saturated carbocycles. The summed E-state index contributed by atoms with van der Waals surface area (Å²) in [6, 6.07) is 7.68. The van der Waals surface area contributed by atoms with Crippen molar-refractivity contribution in [2.45, 2.75) is 0 Å². The maximum atomic E-state index is 5.77. The second-order valence-corrected chi connectivity index (χ2v) is 4.43. The van der Waals surface area contributed by atoms with Crippen LogP contribution in [0.2, 0.25) is 5.02 Å². The van der Waals surface area contributed by atoms with E-state index in [0.717, 1.165) is 16.3 Å². The topological polar surface area (TPSA) is 25.8 Å². The van der Waals surface area contributed by atoms with E-state index >= 15 is 0 Å². The monoisotopic (exact) mass is 270 g/mol. The van der Waals surface area contributed by atoms with Crippen molar-refractivity contribution in [1.29, 1.82) is 0 Å². The Morgan fingerprint density at radius 1 is 1.14 bits per heavy atom. The molecule has 0 radical (unpaired) electrons. The van der Waals surface area contributed by atoms with Crippen LogP contribution in [0, 0.1) is 0 Å². The summed E-state index contributed by atoms with van der Waals surface area (Å²) in [5.74, 6) is 0. The van der Waals surface area contributed by atoms with Gasteiger partial charge in [-0.15, -0.1) is 0 Å². The average Bonchev–Trinajstić information content (AvgIpc) is 2.70. The van der Waals surface area contributed by atoms with Crippen molar-refractivity contribution < 1.29 is 0 Å². The Kier molecular flexibility index (Phi) is 3.14. The van der Waals surface area contributed by atoms with Crippen molar-refractivity contribution >= 4 is 38.5 Å². The van der Waals surface area contributed by atoms with Gasteiger partial charge in [-0.2, -0.15) is 0 Å². The number of nitrogens with zero attached hydrogens (tertiary/aromatic N) is 2. The van der Waals surface area contributed by atoms with Crippen molar-refractivity contribution in [3.05, 3.63) is 45.5 Å². The maximum absolute atomic E-state index is 5.77. The molecule has 4 heteroatoms. The first-order valence-corrected chi connectivity index (χ1v) is 6.18. The van der Waals surface area contributed by atoms with Crippen LogP contribution in [0.5, 0.6) is 0 Å². The van der Waals surface area contributed by atoms with E-state index in [0.29, 0.717) is 0 Å². The molecule has 0 saturated heterocycles. The predicted octanol–water partition coefficient (Wildman–Crippen LogP) is 2.36. The van der Waals surface area contributed by atoms with Gasteiger partial charge >= 0.3 is 93.2 Å². The van der Waals surface area contributed by atoms with Gasteiger partial charge in [0.15, 0.2) is 0 Å². The molecule has 0 unspecified atom stereocenters. The normalized spacial score (nSPS) is 10.9.